The lowest BCUT2D eigenvalue weighted by Gasteiger charge is -2.25. The van der Waals surface area contributed by atoms with E-state index >= 15 is 0 Å². The number of hydrogen-bond donors (Lipinski definition) is 1. The number of carbonyl (C=O) groups is 1. The monoisotopic (exact) mass is 229 g/mol. The first-order chi connectivity index (χ1) is 7.60. The van der Waals surface area contributed by atoms with Gasteiger partial charge in [-0.2, -0.15) is 0 Å². The van der Waals surface area contributed by atoms with E-state index in [0.717, 1.165) is 39.1 Å². The van der Waals surface area contributed by atoms with Crippen LogP contribution in [0.1, 0.15) is 41.0 Å². The Morgan fingerprint density at radius 3 is 2.12 bits per heavy atom. The van der Waals surface area contributed by atoms with E-state index in [1.807, 2.05) is 11.8 Å². The molecule has 0 saturated carbocycles. The van der Waals surface area contributed by atoms with Gasteiger partial charge in [-0.25, -0.2) is 0 Å². The van der Waals surface area contributed by atoms with Crippen molar-refractivity contribution in [3.8, 4) is 0 Å². The molecule has 0 aromatic heterocycles. The standard InChI is InChI=1S/C13H28N2O/c1-6-12(5)13(16)15(9-4)11-10-14(7-2)8-3/h12H,6-11H2,1-5H3/p+1. The van der Waals surface area contributed by atoms with Gasteiger partial charge in [0, 0.05) is 12.5 Å². The maximum absolute atomic E-state index is 12.0. The average molecular weight is 229 g/mol. The van der Waals surface area contributed by atoms with Crippen molar-refractivity contribution in [1.82, 2.24) is 4.90 Å². The predicted octanol–water partition coefficient (Wildman–Crippen LogP) is 0.806. The third kappa shape index (κ3) is 4.97. The highest BCUT2D eigenvalue weighted by Crippen LogP contribution is 2.05. The molecule has 96 valence electrons. The quantitative estimate of drug-likeness (QED) is 0.654. The molecule has 0 aliphatic carbocycles. The number of nitrogens with zero attached hydrogens (tertiary/aromatic N) is 1. The van der Waals surface area contributed by atoms with Crippen molar-refractivity contribution in [3.05, 3.63) is 0 Å². The number of hydrogen-bond acceptors (Lipinski definition) is 1. The summed E-state index contributed by atoms with van der Waals surface area (Å²) in [6.07, 6.45) is 0.938. The Balaban J connectivity index is 4.14. The summed E-state index contributed by atoms with van der Waals surface area (Å²) >= 11 is 0. The Morgan fingerprint density at radius 1 is 1.19 bits per heavy atom. The molecule has 0 bridgehead atoms. The van der Waals surface area contributed by atoms with Crippen molar-refractivity contribution in [2.24, 2.45) is 5.92 Å². The highest BCUT2D eigenvalue weighted by molar-refractivity contribution is 5.78. The lowest BCUT2D eigenvalue weighted by Crippen LogP contribution is -3.12. The predicted molar refractivity (Wildman–Crippen MR) is 68.6 cm³/mol. The Hall–Kier alpha value is -0.570. The number of quaternary nitrogens is 1. The van der Waals surface area contributed by atoms with E-state index in [0.29, 0.717) is 5.91 Å². The number of carbonyl (C=O) groups excluding carboxylic acids is 1. The van der Waals surface area contributed by atoms with Crippen molar-refractivity contribution in [2.75, 3.05) is 32.7 Å². The van der Waals surface area contributed by atoms with Gasteiger partial charge >= 0.3 is 0 Å². The summed E-state index contributed by atoms with van der Waals surface area (Å²) in [5, 5.41) is 0. The molecule has 0 aromatic rings. The third-order valence-electron chi connectivity index (χ3n) is 3.46. The Labute approximate surface area is 101 Å². The maximum Gasteiger partial charge on any atom is 0.225 e. The molecule has 0 heterocycles. The molecule has 1 N–H and O–H groups in total. The van der Waals surface area contributed by atoms with Crippen molar-refractivity contribution >= 4 is 5.91 Å². The first-order valence-corrected chi connectivity index (χ1v) is 6.72. The molecule has 0 aromatic carbocycles. The lowest BCUT2D eigenvalue weighted by molar-refractivity contribution is -0.895. The molecule has 0 saturated heterocycles. The van der Waals surface area contributed by atoms with Crippen LogP contribution in [-0.2, 0) is 4.79 Å². The molecular formula is C13H29N2O+. The molecule has 0 aliphatic rings. The zero-order chi connectivity index (χ0) is 12.6. The minimum atomic E-state index is 0.173. The number of nitrogens with one attached hydrogen (secondary N) is 1. The molecule has 1 unspecified atom stereocenters. The van der Waals surface area contributed by atoms with E-state index in [1.54, 1.807) is 4.90 Å². The van der Waals surface area contributed by atoms with Crippen LogP contribution >= 0.6 is 0 Å². The van der Waals surface area contributed by atoms with Crippen LogP contribution in [-0.4, -0.2) is 43.5 Å². The second-order valence-corrected chi connectivity index (χ2v) is 4.43. The first-order valence-electron chi connectivity index (χ1n) is 6.72. The second-order valence-electron chi connectivity index (χ2n) is 4.43. The van der Waals surface area contributed by atoms with Crippen LogP contribution in [0.5, 0.6) is 0 Å². The van der Waals surface area contributed by atoms with E-state index in [-0.39, 0.29) is 5.92 Å². The van der Waals surface area contributed by atoms with Crippen molar-refractivity contribution in [2.45, 2.75) is 41.0 Å². The van der Waals surface area contributed by atoms with Gasteiger partial charge in [0.05, 0.1) is 26.2 Å². The van der Waals surface area contributed by atoms with E-state index in [2.05, 4.69) is 27.7 Å². The van der Waals surface area contributed by atoms with E-state index in [4.69, 9.17) is 0 Å². The van der Waals surface area contributed by atoms with Gasteiger partial charge in [0.15, 0.2) is 0 Å². The molecule has 0 rings (SSSR count). The molecule has 0 aliphatic heterocycles. The summed E-state index contributed by atoms with van der Waals surface area (Å²) in [6.45, 7) is 15.7. The first kappa shape index (κ1) is 15.4. The van der Waals surface area contributed by atoms with Gasteiger partial charge in [0.2, 0.25) is 5.91 Å². The minimum absolute atomic E-state index is 0.173. The zero-order valence-electron chi connectivity index (χ0n) is 11.7. The van der Waals surface area contributed by atoms with Crippen LogP contribution in [0.2, 0.25) is 0 Å². The average Bonchev–Trinajstić information content (AvgIpc) is 2.33. The van der Waals surface area contributed by atoms with Crippen LogP contribution in [0.3, 0.4) is 0 Å². The fourth-order valence-electron chi connectivity index (χ4n) is 1.81. The second kappa shape index (κ2) is 8.57. The number of amides is 1. The highest BCUT2D eigenvalue weighted by Gasteiger charge is 2.18. The van der Waals surface area contributed by atoms with Crippen molar-refractivity contribution in [3.63, 3.8) is 0 Å². The van der Waals surface area contributed by atoms with E-state index in [9.17, 15) is 4.79 Å². The highest BCUT2D eigenvalue weighted by atomic mass is 16.2. The normalized spacial score (nSPS) is 12.9. The largest absolute Gasteiger partial charge is 0.337 e. The molecule has 0 spiro atoms. The Bertz CT molecular complexity index is 190. The molecular weight excluding hydrogens is 200 g/mol. The summed E-state index contributed by atoms with van der Waals surface area (Å²) in [6, 6.07) is 0. The van der Waals surface area contributed by atoms with Gasteiger partial charge in [0.1, 0.15) is 0 Å². The number of rotatable bonds is 8. The fraction of sp³-hybridized carbons (Fsp3) is 0.923. The third-order valence-corrected chi connectivity index (χ3v) is 3.46. The van der Waals surface area contributed by atoms with Crippen molar-refractivity contribution < 1.29 is 9.69 Å². The number of likely N-dealkylation sites (N-methyl/N-ethyl adjacent to an activating group) is 2. The van der Waals surface area contributed by atoms with Gasteiger partial charge in [-0.15, -0.1) is 0 Å². The van der Waals surface area contributed by atoms with Gasteiger partial charge < -0.3 is 9.80 Å². The summed E-state index contributed by atoms with van der Waals surface area (Å²) < 4.78 is 0. The molecule has 1 atom stereocenters. The molecule has 0 fully saturated rings. The molecule has 16 heavy (non-hydrogen) atoms. The van der Waals surface area contributed by atoms with E-state index < -0.39 is 0 Å². The SMILES string of the molecule is CCC(C)C(=O)N(CC)CC[NH+](CC)CC. The van der Waals surface area contributed by atoms with E-state index in [1.165, 1.54) is 0 Å². The molecule has 3 heteroatoms. The molecule has 3 nitrogen and oxygen atoms in total. The summed E-state index contributed by atoms with van der Waals surface area (Å²) in [4.78, 5) is 15.6. The van der Waals surface area contributed by atoms with Gasteiger partial charge in [-0.1, -0.05) is 13.8 Å². The molecule has 0 radical (unpaired) electrons. The lowest BCUT2D eigenvalue weighted by atomic mass is 10.1. The Morgan fingerprint density at radius 2 is 1.75 bits per heavy atom. The van der Waals surface area contributed by atoms with Crippen LogP contribution in [0.4, 0.5) is 0 Å². The van der Waals surface area contributed by atoms with Crippen LogP contribution in [0.25, 0.3) is 0 Å². The molecule has 1 amide bonds. The van der Waals surface area contributed by atoms with Crippen LogP contribution < -0.4 is 4.90 Å². The van der Waals surface area contributed by atoms with Gasteiger partial charge in [0.25, 0.3) is 0 Å². The van der Waals surface area contributed by atoms with Gasteiger partial charge in [-0.05, 0) is 27.2 Å². The summed E-state index contributed by atoms with van der Waals surface area (Å²) in [7, 11) is 0. The van der Waals surface area contributed by atoms with Crippen LogP contribution in [0, 0.1) is 5.92 Å². The van der Waals surface area contributed by atoms with Crippen LogP contribution in [0.15, 0.2) is 0 Å². The zero-order valence-corrected chi connectivity index (χ0v) is 11.7. The fourth-order valence-corrected chi connectivity index (χ4v) is 1.81. The van der Waals surface area contributed by atoms with Gasteiger partial charge in [-0.3, -0.25) is 4.79 Å². The topological polar surface area (TPSA) is 24.8 Å². The smallest absolute Gasteiger partial charge is 0.225 e. The minimum Gasteiger partial charge on any atom is -0.337 e. The Kier molecular flexibility index (Phi) is 8.26. The summed E-state index contributed by atoms with van der Waals surface area (Å²) in [5.41, 5.74) is 0. The maximum atomic E-state index is 12.0. The van der Waals surface area contributed by atoms with Crippen molar-refractivity contribution in [1.29, 1.82) is 0 Å². The summed E-state index contributed by atoms with van der Waals surface area (Å²) in [5.74, 6) is 0.489.